The van der Waals surface area contributed by atoms with Gasteiger partial charge in [-0.15, -0.1) is 0 Å². The standard InChI is InChI=1S/C30H31N5O6/c1-2-30(39)21-12-24-27-19(14-35(24)28(37)20(21)15-41-29(30)38)17(6-3-4-11-40-16-33-25(36)13-31)26-18-7-5-10-32-22(18)8-9-23(26)34-27/h5,7-10,12,39H,2-4,6,11,13-16,31H2,1H3,(H,33,36)/t30-/m0/s1. The van der Waals surface area contributed by atoms with Crippen LogP contribution < -0.4 is 16.6 Å². The van der Waals surface area contributed by atoms with E-state index in [0.29, 0.717) is 42.1 Å². The zero-order valence-electron chi connectivity index (χ0n) is 22.7. The van der Waals surface area contributed by atoms with E-state index in [1.54, 1.807) is 23.8 Å². The molecule has 0 saturated heterocycles. The predicted octanol–water partition coefficient (Wildman–Crippen LogP) is 2.00. The smallest absolute Gasteiger partial charge is 0.343 e. The second-order valence-corrected chi connectivity index (χ2v) is 10.4. The van der Waals surface area contributed by atoms with Gasteiger partial charge in [-0.1, -0.05) is 13.0 Å². The molecule has 0 saturated carbocycles. The number of hydrogen-bond donors (Lipinski definition) is 3. The van der Waals surface area contributed by atoms with Crippen LogP contribution in [-0.4, -0.2) is 51.4 Å². The van der Waals surface area contributed by atoms with Crippen molar-refractivity contribution in [3.05, 3.63) is 69.1 Å². The maximum atomic E-state index is 13.7. The maximum absolute atomic E-state index is 13.7. The van der Waals surface area contributed by atoms with E-state index in [1.807, 2.05) is 24.3 Å². The van der Waals surface area contributed by atoms with Crippen LogP contribution in [-0.2, 0) is 44.2 Å². The minimum atomic E-state index is -1.88. The monoisotopic (exact) mass is 557 g/mol. The van der Waals surface area contributed by atoms with E-state index in [-0.39, 0.29) is 37.8 Å². The molecule has 2 aliphatic rings. The molecule has 0 bridgehead atoms. The molecular weight excluding hydrogens is 526 g/mol. The first kappa shape index (κ1) is 27.0. The van der Waals surface area contributed by atoms with E-state index in [9.17, 15) is 19.5 Å². The highest BCUT2D eigenvalue weighted by Gasteiger charge is 2.45. The number of unbranched alkanes of at least 4 members (excludes halogenated alkanes) is 1. The highest BCUT2D eigenvalue weighted by atomic mass is 16.6. The van der Waals surface area contributed by atoms with E-state index in [0.717, 1.165) is 45.8 Å². The average molecular weight is 558 g/mol. The van der Waals surface area contributed by atoms with Crippen LogP contribution in [0, 0.1) is 0 Å². The van der Waals surface area contributed by atoms with Gasteiger partial charge in [-0.05, 0) is 55.5 Å². The quantitative estimate of drug-likeness (QED) is 0.107. The molecule has 1 atom stereocenters. The second kappa shape index (κ2) is 10.7. The van der Waals surface area contributed by atoms with Crippen LogP contribution in [0.2, 0.25) is 0 Å². The molecular formula is C30H31N5O6. The number of rotatable bonds is 9. The number of nitrogens with two attached hydrogens (primary N) is 1. The number of aliphatic hydroxyl groups is 1. The Balaban J connectivity index is 1.42. The Morgan fingerprint density at radius 1 is 1.22 bits per heavy atom. The molecule has 2 aliphatic heterocycles. The van der Waals surface area contributed by atoms with Crippen molar-refractivity contribution in [3.8, 4) is 11.4 Å². The number of esters is 1. The molecule has 1 aromatic carbocycles. The lowest BCUT2D eigenvalue weighted by molar-refractivity contribution is -0.172. The van der Waals surface area contributed by atoms with Crippen LogP contribution in [0.25, 0.3) is 33.2 Å². The number of cyclic esters (lactones) is 1. The second-order valence-electron chi connectivity index (χ2n) is 10.4. The molecule has 11 heteroatoms. The van der Waals surface area contributed by atoms with E-state index < -0.39 is 11.6 Å². The molecule has 0 unspecified atom stereocenters. The van der Waals surface area contributed by atoms with Gasteiger partial charge in [-0.3, -0.25) is 14.6 Å². The lowest BCUT2D eigenvalue weighted by atomic mass is 9.86. The number of ether oxygens (including phenoxy) is 2. The number of carbonyl (C=O) groups is 2. The number of benzene rings is 1. The largest absolute Gasteiger partial charge is 0.458 e. The van der Waals surface area contributed by atoms with E-state index in [1.165, 1.54) is 0 Å². The van der Waals surface area contributed by atoms with Crippen LogP contribution in [0.3, 0.4) is 0 Å². The number of fused-ring (bicyclic) bond motifs is 7. The topological polar surface area (TPSA) is 159 Å². The minimum absolute atomic E-state index is 0.0814. The van der Waals surface area contributed by atoms with Crippen LogP contribution in [0.4, 0.5) is 0 Å². The molecule has 0 fully saturated rings. The van der Waals surface area contributed by atoms with Gasteiger partial charge in [-0.25, -0.2) is 9.78 Å². The van der Waals surface area contributed by atoms with Crippen molar-refractivity contribution < 1.29 is 24.2 Å². The van der Waals surface area contributed by atoms with Crippen molar-refractivity contribution in [2.24, 2.45) is 5.73 Å². The Hall–Kier alpha value is -4.19. The van der Waals surface area contributed by atoms with E-state index >= 15 is 0 Å². The summed E-state index contributed by atoms with van der Waals surface area (Å²) in [4.78, 5) is 47.1. The highest BCUT2D eigenvalue weighted by molar-refractivity contribution is 6.08. The molecule has 5 heterocycles. The molecule has 3 aromatic heterocycles. The number of aryl methyl sites for hydroxylation is 1. The summed E-state index contributed by atoms with van der Waals surface area (Å²) in [5.41, 5.74) is 8.64. The summed E-state index contributed by atoms with van der Waals surface area (Å²) in [7, 11) is 0. The molecule has 4 aromatic rings. The van der Waals surface area contributed by atoms with Crippen molar-refractivity contribution in [3.63, 3.8) is 0 Å². The third-order valence-electron chi connectivity index (χ3n) is 8.07. The molecule has 0 radical (unpaired) electrons. The summed E-state index contributed by atoms with van der Waals surface area (Å²) in [5.74, 6) is -1.01. The minimum Gasteiger partial charge on any atom is -0.458 e. The summed E-state index contributed by atoms with van der Waals surface area (Å²) >= 11 is 0. The molecule has 41 heavy (non-hydrogen) atoms. The van der Waals surface area contributed by atoms with Gasteiger partial charge < -0.3 is 30.2 Å². The first-order chi connectivity index (χ1) is 19.9. The SMILES string of the molecule is CC[C@@]1(O)C(=O)OCc2c1cc1n(c2=O)Cc2c-1nc1ccc3ncccc3c1c2CCCCOCNC(=O)CN. The van der Waals surface area contributed by atoms with E-state index in [4.69, 9.17) is 20.2 Å². The Morgan fingerprint density at radius 3 is 2.85 bits per heavy atom. The van der Waals surface area contributed by atoms with Gasteiger partial charge in [0, 0.05) is 34.7 Å². The summed E-state index contributed by atoms with van der Waals surface area (Å²) in [5, 5.41) is 15.8. The number of carbonyl (C=O) groups excluding carboxylic acids is 2. The van der Waals surface area contributed by atoms with Gasteiger partial charge in [0.05, 0.1) is 41.1 Å². The number of nitrogens with one attached hydrogen (secondary N) is 1. The van der Waals surface area contributed by atoms with E-state index in [2.05, 4.69) is 10.3 Å². The number of pyridine rings is 3. The number of amides is 1. The molecule has 6 rings (SSSR count). The van der Waals surface area contributed by atoms with Gasteiger partial charge in [0.15, 0.2) is 5.60 Å². The van der Waals surface area contributed by atoms with Crippen molar-refractivity contribution in [1.29, 1.82) is 0 Å². The molecule has 212 valence electrons. The zero-order chi connectivity index (χ0) is 28.7. The molecule has 11 nitrogen and oxygen atoms in total. The third kappa shape index (κ3) is 4.46. The molecule has 1 amide bonds. The van der Waals surface area contributed by atoms with Crippen LogP contribution >= 0.6 is 0 Å². The predicted molar refractivity (Wildman–Crippen MR) is 151 cm³/mol. The first-order valence-electron chi connectivity index (χ1n) is 13.8. The lowest BCUT2D eigenvalue weighted by Crippen LogP contribution is -2.44. The summed E-state index contributed by atoms with van der Waals surface area (Å²) < 4.78 is 12.4. The lowest BCUT2D eigenvalue weighted by Gasteiger charge is -2.31. The summed E-state index contributed by atoms with van der Waals surface area (Å²) in [6, 6.07) is 9.55. The third-order valence-corrected chi connectivity index (χ3v) is 8.07. The van der Waals surface area contributed by atoms with Crippen molar-refractivity contribution in [1.82, 2.24) is 19.9 Å². The van der Waals surface area contributed by atoms with Crippen molar-refractivity contribution in [2.45, 2.75) is 51.4 Å². The number of nitrogens with zero attached hydrogens (tertiary/aromatic N) is 3. The Kier molecular flexibility index (Phi) is 7.02. The van der Waals surface area contributed by atoms with Crippen LogP contribution in [0.1, 0.15) is 48.4 Å². The maximum Gasteiger partial charge on any atom is 0.343 e. The fraction of sp³-hybridized carbons (Fsp3) is 0.367. The van der Waals surface area contributed by atoms with Crippen molar-refractivity contribution >= 4 is 33.7 Å². The number of aromatic nitrogens is 3. The fourth-order valence-corrected chi connectivity index (χ4v) is 5.88. The highest BCUT2D eigenvalue weighted by Crippen LogP contribution is 2.41. The van der Waals surface area contributed by atoms with Gasteiger partial charge >= 0.3 is 5.97 Å². The van der Waals surface area contributed by atoms with Crippen LogP contribution in [0.5, 0.6) is 0 Å². The normalized spacial score (nSPS) is 17.3. The Bertz CT molecular complexity index is 1770. The van der Waals surface area contributed by atoms with Crippen LogP contribution in [0.15, 0.2) is 41.3 Å². The first-order valence-corrected chi connectivity index (χ1v) is 13.8. The fourth-order valence-electron chi connectivity index (χ4n) is 5.88. The summed E-state index contributed by atoms with van der Waals surface area (Å²) in [6.07, 6.45) is 4.10. The van der Waals surface area contributed by atoms with Crippen molar-refractivity contribution in [2.75, 3.05) is 19.9 Å². The number of hydrogen-bond acceptors (Lipinski definition) is 9. The van der Waals surface area contributed by atoms with Gasteiger partial charge in [0.2, 0.25) is 5.91 Å². The Labute approximate surface area is 235 Å². The molecule has 0 aliphatic carbocycles. The average Bonchev–Trinajstić information content (AvgIpc) is 3.36. The van der Waals surface area contributed by atoms with Gasteiger partial charge in [0.25, 0.3) is 5.56 Å². The zero-order valence-corrected chi connectivity index (χ0v) is 22.7. The van der Waals surface area contributed by atoms with Gasteiger partial charge in [0.1, 0.15) is 13.3 Å². The summed E-state index contributed by atoms with van der Waals surface area (Å²) in [6.45, 7) is 2.34. The Morgan fingerprint density at radius 2 is 2.05 bits per heavy atom. The molecule has 4 N–H and O–H groups in total. The van der Waals surface area contributed by atoms with Gasteiger partial charge in [-0.2, -0.15) is 0 Å². The molecule has 0 spiro atoms.